The fourth-order valence-electron chi connectivity index (χ4n) is 1.08. The first-order valence-corrected chi connectivity index (χ1v) is 5.93. The van der Waals surface area contributed by atoms with Crippen molar-refractivity contribution in [3.8, 4) is 5.75 Å². The third kappa shape index (κ3) is 4.25. The quantitative estimate of drug-likeness (QED) is 0.520. The normalized spacial score (nSPS) is 10.0. The van der Waals surface area contributed by atoms with Gasteiger partial charge >= 0.3 is 0 Å². The topological polar surface area (TPSA) is 40.5 Å². The third-order valence-corrected chi connectivity index (χ3v) is 3.17. The van der Waals surface area contributed by atoms with Gasteiger partial charge in [-0.2, -0.15) is 0 Å². The van der Waals surface area contributed by atoms with Gasteiger partial charge < -0.3 is 5.11 Å². The van der Waals surface area contributed by atoms with E-state index in [9.17, 15) is 4.79 Å². The number of benzene rings is 1. The number of rotatable bonds is 4. The number of carbonyl (C=O) groups excluding carboxylic acids is 1. The second-order valence-corrected chi connectivity index (χ2v) is 4.46. The van der Waals surface area contributed by atoms with E-state index in [0.29, 0.717) is 6.54 Å². The van der Waals surface area contributed by atoms with Crippen LogP contribution in [-0.4, -0.2) is 26.6 Å². The summed E-state index contributed by atoms with van der Waals surface area (Å²) < 4.78 is 1.57. The molecule has 0 unspecified atom stereocenters. The van der Waals surface area contributed by atoms with Gasteiger partial charge in [0.25, 0.3) is 0 Å². The van der Waals surface area contributed by atoms with Crippen molar-refractivity contribution in [2.75, 3.05) is 12.4 Å². The van der Waals surface area contributed by atoms with Crippen molar-refractivity contribution >= 4 is 40.4 Å². The van der Waals surface area contributed by atoms with Crippen LogP contribution in [-0.2, 0) is 11.2 Å². The summed E-state index contributed by atoms with van der Waals surface area (Å²) in [7, 11) is 0. The highest BCUT2D eigenvalue weighted by atomic mass is 127. The zero-order chi connectivity index (χ0) is 11.3. The Kier molecular flexibility index (Phi) is 5.17. The molecule has 0 aromatic heterocycles. The van der Waals surface area contributed by atoms with Crippen molar-refractivity contribution in [1.82, 2.24) is 3.11 Å². The van der Waals surface area contributed by atoms with E-state index in [4.69, 9.17) is 16.7 Å². The summed E-state index contributed by atoms with van der Waals surface area (Å²) in [6.45, 7) is 0.622. The first kappa shape index (κ1) is 12.6. The van der Waals surface area contributed by atoms with Crippen molar-refractivity contribution in [3.63, 3.8) is 0 Å². The molecular weight excluding hydrogens is 328 g/mol. The smallest absolute Gasteiger partial charge is 0.246 e. The van der Waals surface area contributed by atoms with Crippen LogP contribution in [0.25, 0.3) is 0 Å². The maximum Gasteiger partial charge on any atom is 0.246 e. The molecule has 0 heterocycles. The van der Waals surface area contributed by atoms with Crippen molar-refractivity contribution in [3.05, 3.63) is 29.8 Å². The number of hydrogen-bond donors (Lipinski definition) is 1. The van der Waals surface area contributed by atoms with E-state index in [1.807, 2.05) is 35.0 Å². The highest BCUT2D eigenvalue weighted by Gasteiger charge is 2.08. The first-order valence-electron chi connectivity index (χ1n) is 4.43. The van der Waals surface area contributed by atoms with Gasteiger partial charge in [0, 0.05) is 6.54 Å². The lowest BCUT2D eigenvalue weighted by molar-refractivity contribution is -0.122. The third-order valence-electron chi connectivity index (χ3n) is 1.92. The Morgan fingerprint density at radius 1 is 1.40 bits per heavy atom. The Bertz CT molecular complexity index is 329. The van der Waals surface area contributed by atoms with Gasteiger partial charge in [-0.3, -0.25) is 7.91 Å². The molecule has 0 aliphatic carbocycles. The predicted molar refractivity (Wildman–Crippen MR) is 68.3 cm³/mol. The molecule has 1 N–H and O–H groups in total. The second kappa shape index (κ2) is 6.17. The zero-order valence-electron chi connectivity index (χ0n) is 7.99. The van der Waals surface area contributed by atoms with Crippen LogP contribution in [0.15, 0.2) is 24.3 Å². The number of carbonyl (C=O) groups is 1. The Hall–Kier alpha value is -0.490. The van der Waals surface area contributed by atoms with Gasteiger partial charge in [0.2, 0.25) is 5.91 Å². The molecule has 0 radical (unpaired) electrons. The summed E-state index contributed by atoms with van der Waals surface area (Å²) in [4.78, 5) is 11.1. The van der Waals surface area contributed by atoms with E-state index in [2.05, 4.69) is 0 Å². The van der Waals surface area contributed by atoms with Crippen LogP contribution in [0.2, 0.25) is 0 Å². The molecule has 82 valence electrons. The number of amides is 1. The number of aromatic hydroxyl groups is 1. The van der Waals surface area contributed by atoms with Crippen molar-refractivity contribution in [2.24, 2.45) is 0 Å². The van der Waals surface area contributed by atoms with Gasteiger partial charge in [0.1, 0.15) is 11.6 Å². The minimum Gasteiger partial charge on any atom is -0.508 e. The Balaban J connectivity index is 2.43. The SMILES string of the molecule is O=C(CCl)N(I)CCc1ccc(O)cc1. The maximum atomic E-state index is 11.1. The molecular formula is C10H11ClINO2. The van der Waals surface area contributed by atoms with Gasteiger partial charge in [-0.15, -0.1) is 11.6 Å². The van der Waals surface area contributed by atoms with Crippen LogP contribution in [0.4, 0.5) is 0 Å². The van der Waals surface area contributed by atoms with Gasteiger partial charge in [-0.25, -0.2) is 0 Å². The molecule has 0 saturated carbocycles. The number of phenolic OH excluding ortho intramolecular Hbond substituents is 1. The molecule has 0 aliphatic rings. The highest BCUT2D eigenvalue weighted by Crippen LogP contribution is 2.11. The molecule has 5 heteroatoms. The molecule has 3 nitrogen and oxygen atoms in total. The van der Waals surface area contributed by atoms with Crippen molar-refractivity contribution in [1.29, 1.82) is 0 Å². The van der Waals surface area contributed by atoms with Crippen LogP contribution in [0, 0.1) is 0 Å². The molecule has 0 aliphatic heterocycles. The van der Waals surface area contributed by atoms with E-state index < -0.39 is 0 Å². The van der Waals surface area contributed by atoms with Gasteiger partial charge in [-0.05, 0) is 24.1 Å². The summed E-state index contributed by atoms with van der Waals surface area (Å²) in [5.74, 6) is 0.177. The zero-order valence-corrected chi connectivity index (χ0v) is 10.9. The molecule has 0 saturated heterocycles. The maximum absolute atomic E-state index is 11.1. The lowest BCUT2D eigenvalue weighted by Gasteiger charge is -2.12. The summed E-state index contributed by atoms with van der Waals surface area (Å²) in [6, 6.07) is 6.95. The average Bonchev–Trinajstić information content (AvgIpc) is 2.26. The lowest BCUT2D eigenvalue weighted by Crippen LogP contribution is -2.24. The van der Waals surface area contributed by atoms with Crippen LogP contribution >= 0.6 is 34.5 Å². The Morgan fingerprint density at radius 2 is 2.00 bits per heavy atom. The molecule has 1 aromatic rings. The first-order chi connectivity index (χ1) is 7.13. The number of hydrogen-bond acceptors (Lipinski definition) is 2. The fourth-order valence-corrected chi connectivity index (χ4v) is 1.84. The largest absolute Gasteiger partial charge is 0.508 e. The van der Waals surface area contributed by atoms with Crippen LogP contribution in [0.5, 0.6) is 5.75 Å². The van der Waals surface area contributed by atoms with E-state index in [1.165, 1.54) is 0 Å². The molecule has 1 aromatic carbocycles. The second-order valence-electron chi connectivity index (χ2n) is 3.03. The lowest BCUT2D eigenvalue weighted by atomic mass is 10.1. The molecule has 0 bridgehead atoms. The predicted octanol–water partition coefficient (Wildman–Crippen LogP) is 2.35. The van der Waals surface area contributed by atoms with Crippen LogP contribution < -0.4 is 0 Å². The van der Waals surface area contributed by atoms with Gasteiger partial charge in [0.05, 0.1) is 22.9 Å². The Morgan fingerprint density at radius 3 is 2.53 bits per heavy atom. The van der Waals surface area contributed by atoms with Gasteiger partial charge in [0.15, 0.2) is 0 Å². The number of phenols is 1. The molecule has 0 atom stereocenters. The number of alkyl halides is 1. The summed E-state index contributed by atoms with van der Waals surface area (Å²) in [6.07, 6.45) is 0.756. The number of nitrogens with zero attached hydrogens (tertiary/aromatic N) is 1. The van der Waals surface area contributed by atoms with Crippen molar-refractivity contribution < 1.29 is 9.90 Å². The monoisotopic (exact) mass is 339 g/mol. The minimum absolute atomic E-state index is 0.0124. The molecule has 0 spiro atoms. The average molecular weight is 340 g/mol. The molecule has 1 amide bonds. The summed E-state index contributed by atoms with van der Waals surface area (Å²) >= 11 is 7.37. The van der Waals surface area contributed by atoms with E-state index in [-0.39, 0.29) is 17.5 Å². The molecule has 1 rings (SSSR count). The van der Waals surface area contributed by atoms with Gasteiger partial charge in [-0.1, -0.05) is 12.1 Å². The highest BCUT2D eigenvalue weighted by molar-refractivity contribution is 14.1. The number of halogens is 2. The van der Waals surface area contributed by atoms with E-state index in [0.717, 1.165) is 12.0 Å². The minimum atomic E-state index is -0.0870. The van der Waals surface area contributed by atoms with Crippen LogP contribution in [0.3, 0.4) is 0 Å². The van der Waals surface area contributed by atoms with E-state index >= 15 is 0 Å². The summed E-state index contributed by atoms with van der Waals surface area (Å²) in [5.41, 5.74) is 1.08. The fraction of sp³-hybridized carbons (Fsp3) is 0.300. The molecule has 15 heavy (non-hydrogen) atoms. The Labute approximate surface area is 108 Å². The van der Waals surface area contributed by atoms with Crippen molar-refractivity contribution in [2.45, 2.75) is 6.42 Å². The summed E-state index contributed by atoms with van der Waals surface area (Å²) in [5, 5.41) is 9.08. The standard InChI is InChI=1S/C10H11ClINO2/c11-7-10(15)13(12)6-5-8-1-3-9(14)4-2-8/h1-4,14H,5-7H2. The van der Waals surface area contributed by atoms with E-state index in [1.54, 1.807) is 15.2 Å². The molecule has 0 fully saturated rings. The van der Waals surface area contributed by atoms with Crippen LogP contribution in [0.1, 0.15) is 5.56 Å².